The van der Waals surface area contributed by atoms with Crippen molar-refractivity contribution in [2.24, 2.45) is 0 Å². The summed E-state index contributed by atoms with van der Waals surface area (Å²) in [6.45, 7) is 4.42. The molecule has 0 saturated carbocycles. The van der Waals surface area contributed by atoms with E-state index in [1.165, 1.54) is 12.5 Å². The maximum Gasteiger partial charge on any atom is 0.223 e. The van der Waals surface area contributed by atoms with Crippen LogP contribution in [0.1, 0.15) is 24.5 Å². The Morgan fingerprint density at radius 1 is 1.04 bits per heavy atom. The molecule has 2 amide bonds. The van der Waals surface area contributed by atoms with Gasteiger partial charge < -0.3 is 10.2 Å². The molecule has 0 unspecified atom stereocenters. The molecule has 2 rings (SSSR count). The summed E-state index contributed by atoms with van der Waals surface area (Å²) in [5.41, 5.74) is 3.06. The number of nitrogens with one attached hydrogen (secondary N) is 1. The van der Waals surface area contributed by atoms with Crippen molar-refractivity contribution < 1.29 is 9.59 Å². The monoisotopic (exact) mass is 310 g/mol. The molecule has 0 aliphatic carbocycles. The minimum absolute atomic E-state index is 0.0614. The zero-order valence-corrected chi connectivity index (χ0v) is 13.6. The molecule has 2 aromatic rings. The highest BCUT2D eigenvalue weighted by Gasteiger charge is 2.12. The smallest absolute Gasteiger partial charge is 0.223 e. The van der Waals surface area contributed by atoms with Gasteiger partial charge in [0.25, 0.3) is 0 Å². The van der Waals surface area contributed by atoms with Crippen molar-refractivity contribution in [3.05, 3.63) is 65.7 Å². The zero-order chi connectivity index (χ0) is 16.7. The van der Waals surface area contributed by atoms with Gasteiger partial charge >= 0.3 is 0 Å². The summed E-state index contributed by atoms with van der Waals surface area (Å²) < 4.78 is 0. The van der Waals surface area contributed by atoms with Crippen molar-refractivity contribution >= 4 is 17.5 Å². The van der Waals surface area contributed by atoms with Crippen molar-refractivity contribution in [3.8, 4) is 0 Å². The van der Waals surface area contributed by atoms with E-state index >= 15 is 0 Å². The van der Waals surface area contributed by atoms with Crippen molar-refractivity contribution in [2.45, 2.75) is 26.8 Å². The van der Waals surface area contributed by atoms with Crippen LogP contribution < -0.4 is 10.2 Å². The number of hydrogen-bond acceptors (Lipinski definition) is 2. The molecule has 0 bridgehead atoms. The second kappa shape index (κ2) is 8.13. The van der Waals surface area contributed by atoms with E-state index in [-0.39, 0.29) is 18.2 Å². The molecule has 1 N–H and O–H groups in total. The number of carbonyl (C=O) groups excluding carboxylic acids is 2. The fourth-order valence-electron chi connectivity index (χ4n) is 2.40. The molecular formula is C19H22N2O2. The molecule has 4 nitrogen and oxygen atoms in total. The van der Waals surface area contributed by atoms with Crippen LogP contribution in [0.25, 0.3) is 0 Å². The Balaban J connectivity index is 1.86. The highest BCUT2D eigenvalue weighted by Crippen LogP contribution is 2.13. The lowest BCUT2D eigenvalue weighted by atomic mass is 10.1. The number of nitrogens with zero attached hydrogens (tertiary/aromatic N) is 1. The van der Waals surface area contributed by atoms with Crippen LogP contribution >= 0.6 is 0 Å². The molecule has 23 heavy (non-hydrogen) atoms. The lowest BCUT2D eigenvalue weighted by Crippen LogP contribution is -2.33. The third kappa shape index (κ3) is 5.25. The molecule has 0 heterocycles. The fraction of sp³-hybridized carbons (Fsp3) is 0.263. The van der Waals surface area contributed by atoms with Gasteiger partial charge in [-0.05, 0) is 24.6 Å². The third-order valence-electron chi connectivity index (χ3n) is 3.58. The number of amides is 2. The van der Waals surface area contributed by atoms with Crippen LogP contribution in [0, 0.1) is 6.92 Å². The number of para-hydroxylation sites is 1. The van der Waals surface area contributed by atoms with Crippen molar-refractivity contribution in [3.63, 3.8) is 0 Å². The SMILES string of the molecule is CC(=O)N(CCC(=O)NCc1cccc(C)c1)c1ccccc1. The molecule has 120 valence electrons. The van der Waals surface area contributed by atoms with Gasteiger partial charge in [0.15, 0.2) is 0 Å². The molecule has 4 heteroatoms. The van der Waals surface area contributed by atoms with Crippen LogP contribution in [0.15, 0.2) is 54.6 Å². The molecule has 0 aromatic heterocycles. The normalized spacial score (nSPS) is 10.2. The Labute approximate surface area is 137 Å². The predicted molar refractivity (Wildman–Crippen MR) is 92.1 cm³/mol. The van der Waals surface area contributed by atoms with Gasteiger partial charge in [0.1, 0.15) is 0 Å². The summed E-state index contributed by atoms with van der Waals surface area (Å²) in [7, 11) is 0. The van der Waals surface area contributed by atoms with E-state index in [1.54, 1.807) is 4.90 Å². The van der Waals surface area contributed by atoms with E-state index in [0.717, 1.165) is 11.3 Å². The number of rotatable bonds is 6. The minimum atomic E-state index is -0.0670. The standard InChI is InChI=1S/C19H22N2O2/c1-15-7-6-8-17(13-15)14-20-19(23)11-12-21(16(2)22)18-9-4-3-5-10-18/h3-10,13H,11-12,14H2,1-2H3,(H,20,23). The molecule has 0 fully saturated rings. The van der Waals surface area contributed by atoms with E-state index < -0.39 is 0 Å². The average molecular weight is 310 g/mol. The first-order valence-corrected chi connectivity index (χ1v) is 7.71. The van der Waals surface area contributed by atoms with E-state index in [2.05, 4.69) is 5.32 Å². The number of benzene rings is 2. The number of carbonyl (C=O) groups is 2. The zero-order valence-electron chi connectivity index (χ0n) is 13.6. The Morgan fingerprint density at radius 2 is 1.78 bits per heavy atom. The Morgan fingerprint density at radius 3 is 2.43 bits per heavy atom. The molecule has 0 atom stereocenters. The molecule has 0 aliphatic rings. The van der Waals surface area contributed by atoms with Crippen molar-refractivity contribution in [2.75, 3.05) is 11.4 Å². The molecule has 0 saturated heterocycles. The number of aryl methyl sites for hydroxylation is 1. The molecule has 2 aromatic carbocycles. The van der Waals surface area contributed by atoms with Crippen LogP contribution in [0.3, 0.4) is 0 Å². The van der Waals surface area contributed by atoms with Gasteiger partial charge in [-0.25, -0.2) is 0 Å². The molecule has 0 aliphatic heterocycles. The van der Waals surface area contributed by atoms with E-state index in [4.69, 9.17) is 0 Å². The van der Waals surface area contributed by atoms with Crippen LogP contribution in [0.2, 0.25) is 0 Å². The van der Waals surface area contributed by atoms with Crippen LogP contribution in [0.5, 0.6) is 0 Å². The summed E-state index contributed by atoms with van der Waals surface area (Å²) in [6, 6.07) is 17.4. The first kappa shape index (κ1) is 16.7. The number of anilines is 1. The summed E-state index contributed by atoms with van der Waals surface area (Å²) in [5.74, 6) is -0.128. The van der Waals surface area contributed by atoms with Gasteiger partial charge in [0.05, 0.1) is 0 Å². The van der Waals surface area contributed by atoms with Gasteiger partial charge in [-0.2, -0.15) is 0 Å². The Kier molecular flexibility index (Phi) is 5.92. The van der Waals surface area contributed by atoms with E-state index in [0.29, 0.717) is 13.1 Å². The lowest BCUT2D eigenvalue weighted by Gasteiger charge is -2.20. The van der Waals surface area contributed by atoms with Gasteiger partial charge in [-0.15, -0.1) is 0 Å². The second-order valence-corrected chi connectivity index (χ2v) is 5.52. The Hall–Kier alpha value is -2.62. The third-order valence-corrected chi connectivity index (χ3v) is 3.58. The lowest BCUT2D eigenvalue weighted by molar-refractivity contribution is -0.121. The van der Waals surface area contributed by atoms with E-state index in [9.17, 15) is 9.59 Å². The predicted octanol–water partition coefficient (Wildman–Crippen LogP) is 3.05. The largest absolute Gasteiger partial charge is 0.352 e. The summed E-state index contributed by atoms with van der Waals surface area (Å²) in [6.07, 6.45) is 0.278. The minimum Gasteiger partial charge on any atom is -0.352 e. The highest BCUT2D eigenvalue weighted by molar-refractivity contribution is 5.92. The first-order chi connectivity index (χ1) is 11.1. The quantitative estimate of drug-likeness (QED) is 0.891. The van der Waals surface area contributed by atoms with Crippen molar-refractivity contribution in [1.29, 1.82) is 0 Å². The molecule has 0 radical (unpaired) electrons. The van der Waals surface area contributed by atoms with Gasteiger partial charge in [-0.3, -0.25) is 9.59 Å². The molecule has 0 spiro atoms. The van der Waals surface area contributed by atoms with Crippen LogP contribution in [-0.2, 0) is 16.1 Å². The maximum atomic E-state index is 12.0. The maximum absolute atomic E-state index is 12.0. The highest BCUT2D eigenvalue weighted by atomic mass is 16.2. The van der Waals surface area contributed by atoms with Gasteiger partial charge in [0.2, 0.25) is 11.8 Å². The summed E-state index contributed by atoms with van der Waals surface area (Å²) in [5, 5.41) is 2.90. The second-order valence-electron chi connectivity index (χ2n) is 5.52. The van der Waals surface area contributed by atoms with Gasteiger partial charge in [-0.1, -0.05) is 48.0 Å². The summed E-state index contributed by atoms with van der Waals surface area (Å²) in [4.78, 5) is 25.4. The topological polar surface area (TPSA) is 49.4 Å². The Bertz CT molecular complexity index is 668. The van der Waals surface area contributed by atoms with Gasteiger partial charge in [0, 0.05) is 32.1 Å². The van der Waals surface area contributed by atoms with Crippen molar-refractivity contribution in [1.82, 2.24) is 5.32 Å². The number of hydrogen-bond donors (Lipinski definition) is 1. The fourth-order valence-corrected chi connectivity index (χ4v) is 2.40. The average Bonchev–Trinajstić information content (AvgIpc) is 2.54. The van der Waals surface area contributed by atoms with Crippen LogP contribution in [0.4, 0.5) is 5.69 Å². The van der Waals surface area contributed by atoms with E-state index in [1.807, 2.05) is 61.5 Å². The summed E-state index contributed by atoms with van der Waals surface area (Å²) >= 11 is 0. The molecular weight excluding hydrogens is 288 g/mol. The first-order valence-electron chi connectivity index (χ1n) is 7.71. The van der Waals surface area contributed by atoms with Crippen LogP contribution in [-0.4, -0.2) is 18.4 Å².